The average molecular weight is 274 g/mol. The fraction of sp³-hybridized carbons (Fsp3) is 0.333. The maximum atomic E-state index is 11.5. The van der Waals surface area contributed by atoms with Gasteiger partial charge in [-0.25, -0.2) is 4.79 Å². The molecule has 0 spiro atoms. The summed E-state index contributed by atoms with van der Waals surface area (Å²) in [5, 5.41) is 13.7. The third-order valence-corrected chi connectivity index (χ3v) is 3.34. The van der Waals surface area contributed by atoms with Crippen LogP contribution in [-0.2, 0) is 7.05 Å². The molecule has 0 aliphatic heterocycles. The minimum Gasteiger partial charge on any atom is -0.496 e. The van der Waals surface area contributed by atoms with E-state index in [1.165, 1.54) is 0 Å². The van der Waals surface area contributed by atoms with Crippen molar-refractivity contribution in [2.75, 3.05) is 7.11 Å². The number of nitrogens with zero attached hydrogens (tertiary/aromatic N) is 2. The lowest BCUT2D eigenvalue weighted by Crippen LogP contribution is -2.04. The predicted octanol–water partition coefficient (Wildman–Crippen LogP) is 2.72. The van der Waals surface area contributed by atoms with Crippen LogP contribution >= 0.6 is 0 Å². The molecular formula is C15H18N2O3. The SMILES string of the molecule is COc1cc(C)cc(C)c1-c1c(C(=O)O)c(C)nn1C. The highest BCUT2D eigenvalue weighted by molar-refractivity contribution is 5.97. The summed E-state index contributed by atoms with van der Waals surface area (Å²) in [5.41, 5.74) is 4.10. The van der Waals surface area contributed by atoms with Gasteiger partial charge in [-0.05, 0) is 38.0 Å². The van der Waals surface area contributed by atoms with E-state index in [0.717, 1.165) is 16.7 Å². The summed E-state index contributed by atoms with van der Waals surface area (Å²) in [6.07, 6.45) is 0. The van der Waals surface area contributed by atoms with Gasteiger partial charge in [-0.15, -0.1) is 0 Å². The number of hydrogen-bond acceptors (Lipinski definition) is 3. The van der Waals surface area contributed by atoms with E-state index < -0.39 is 5.97 Å². The van der Waals surface area contributed by atoms with Crippen LogP contribution in [-0.4, -0.2) is 28.0 Å². The molecule has 0 radical (unpaired) electrons. The van der Waals surface area contributed by atoms with Crippen molar-refractivity contribution in [2.45, 2.75) is 20.8 Å². The number of aromatic carboxylic acids is 1. The van der Waals surface area contributed by atoms with Gasteiger partial charge in [0.05, 0.1) is 18.5 Å². The molecule has 0 aliphatic rings. The maximum absolute atomic E-state index is 11.5. The fourth-order valence-corrected chi connectivity index (χ4v) is 2.59. The Hall–Kier alpha value is -2.30. The average Bonchev–Trinajstić information content (AvgIpc) is 2.63. The minimum absolute atomic E-state index is 0.220. The van der Waals surface area contributed by atoms with Crippen LogP contribution in [0.1, 0.15) is 27.2 Å². The molecule has 0 saturated carbocycles. The predicted molar refractivity (Wildman–Crippen MR) is 76.4 cm³/mol. The van der Waals surface area contributed by atoms with Crippen LogP contribution in [0.3, 0.4) is 0 Å². The molecule has 0 aliphatic carbocycles. The lowest BCUT2D eigenvalue weighted by atomic mass is 9.98. The van der Waals surface area contributed by atoms with Gasteiger partial charge in [-0.1, -0.05) is 6.07 Å². The smallest absolute Gasteiger partial charge is 0.339 e. The molecule has 106 valence electrons. The largest absolute Gasteiger partial charge is 0.496 e. The van der Waals surface area contributed by atoms with Gasteiger partial charge in [0.15, 0.2) is 0 Å². The molecule has 0 fully saturated rings. The molecule has 1 aromatic heterocycles. The second-order valence-electron chi connectivity index (χ2n) is 4.90. The molecule has 0 unspecified atom stereocenters. The standard InChI is InChI=1S/C15H18N2O3/c1-8-6-9(2)12(11(7-8)20-5)14-13(15(18)19)10(3)16-17(14)4/h6-7H,1-5H3,(H,18,19). The number of aryl methyl sites for hydroxylation is 4. The van der Waals surface area contributed by atoms with E-state index in [9.17, 15) is 9.90 Å². The van der Waals surface area contributed by atoms with Crippen LogP contribution in [0.15, 0.2) is 12.1 Å². The summed E-state index contributed by atoms with van der Waals surface area (Å²) in [6.45, 7) is 5.62. The second kappa shape index (κ2) is 5.00. The Bertz CT molecular complexity index is 687. The first-order valence-electron chi connectivity index (χ1n) is 6.29. The summed E-state index contributed by atoms with van der Waals surface area (Å²) in [5.74, 6) is -0.319. The van der Waals surface area contributed by atoms with E-state index in [1.807, 2.05) is 26.0 Å². The van der Waals surface area contributed by atoms with Gasteiger partial charge in [-0.2, -0.15) is 5.10 Å². The van der Waals surface area contributed by atoms with Gasteiger partial charge in [-0.3, -0.25) is 4.68 Å². The molecule has 0 bridgehead atoms. The van der Waals surface area contributed by atoms with Crippen LogP contribution < -0.4 is 4.74 Å². The maximum Gasteiger partial charge on any atom is 0.339 e. The van der Waals surface area contributed by atoms with Crippen molar-refractivity contribution in [2.24, 2.45) is 7.05 Å². The molecule has 0 amide bonds. The first kappa shape index (κ1) is 14.1. The first-order chi connectivity index (χ1) is 9.36. The van der Waals surface area contributed by atoms with Crippen molar-refractivity contribution in [3.05, 3.63) is 34.5 Å². The quantitative estimate of drug-likeness (QED) is 0.934. The molecule has 5 heteroatoms. The second-order valence-corrected chi connectivity index (χ2v) is 4.90. The number of aromatic nitrogens is 2. The summed E-state index contributed by atoms with van der Waals surface area (Å²) in [7, 11) is 3.33. The zero-order chi connectivity index (χ0) is 15.0. The van der Waals surface area contributed by atoms with E-state index in [4.69, 9.17) is 4.74 Å². The Morgan fingerprint density at radius 2 is 1.95 bits per heavy atom. The Morgan fingerprint density at radius 1 is 1.30 bits per heavy atom. The Morgan fingerprint density at radius 3 is 2.50 bits per heavy atom. The van der Waals surface area contributed by atoms with Crippen molar-refractivity contribution in [3.63, 3.8) is 0 Å². The number of ether oxygens (including phenoxy) is 1. The highest BCUT2D eigenvalue weighted by Gasteiger charge is 2.24. The van der Waals surface area contributed by atoms with Crippen LogP contribution in [0.25, 0.3) is 11.3 Å². The normalized spacial score (nSPS) is 10.7. The van der Waals surface area contributed by atoms with Crippen LogP contribution in [0.2, 0.25) is 0 Å². The van der Waals surface area contributed by atoms with Gasteiger partial charge in [0, 0.05) is 12.6 Å². The number of rotatable bonds is 3. The molecule has 1 heterocycles. The molecule has 2 rings (SSSR count). The summed E-state index contributed by atoms with van der Waals surface area (Å²) >= 11 is 0. The molecular weight excluding hydrogens is 256 g/mol. The number of benzene rings is 1. The highest BCUT2D eigenvalue weighted by atomic mass is 16.5. The van der Waals surface area contributed by atoms with Gasteiger partial charge in [0.2, 0.25) is 0 Å². The van der Waals surface area contributed by atoms with Crippen molar-refractivity contribution in [1.82, 2.24) is 9.78 Å². The van der Waals surface area contributed by atoms with E-state index in [0.29, 0.717) is 17.1 Å². The monoisotopic (exact) mass is 274 g/mol. The van der Waals surface area contributed by atoms with Gasteiger partial charge < -0.3 is 9.84 Å². The Labute approximate surface area is 117 Å². The molecule has 2 aromatic rings. The zero-order valence-electron chi connectivity index (χ0n) is 12.3. The molecule has 5 nitrogen and oxygen atoms in total. The lowest BCUT2D eigenvalue weighted by molar-refractivity contribution is 0.0697. The van der Waals surface area contributed by atoms with Crippen molar-refractivity contribution >= 4 is 5.97 Å². The highest BCUT2D eigenvalue weighted by Crippen LogP contribution is 2.37. The Balaban J connectivity index is 2.85. The van der Waals surface area contributed by atoms with Crippen molar-refractivity contribution in [1.29, 1.82) is 0 Å². The zero-order valence-corrected chi connectivity index (χ0v) is 12.3. The van der Waals surface area contributed by atoms with Crippen LogP contribution in [0.5, 0.6) is 5.75 Å². The molecule has 1 N–H and O–H groups in total. The van der Waals surface area contributed by atoms with E-state index >= 15 is 0 Å². The molecule has 1 aromatic carbocycles. The van der Waals surface area contributed by atoms with Gasteiger partial charge in [0.1, 0.15) is 11.3 Å². The first-order valence-corrected chi connectivity index (χ1v) is 6.29. The molecule has 0 saturated heterocycles. The third kappa shape index (κ3) is 2.15. The minimum atomic E-state index is -0.979. The molecule has 0 atom stereocenters. The number of carboxylic acids is 1. The van der Waals surface area contributed by atoms with Crippen molar-refractivity contribution < 1.29 is 14.6 Å². The van der Waals surface area contributed by atoms with Crippen molar-refractivity contribution in [3.8, 4) is 17.0 Å². The Kier molecular flexibility index (Phi) is 3.53. The van der Waals surface area contributed by atoms with E-state index in [-0.39, 0.29) is 5.56 Å². The number of carboxylic acid groups (broad SMARTS) is 1. The summed E-state index contributed by atoms with van der Waals surface area (Å²) in [4.78, 5) is 11.5. The topological polar surface area (TPSA) is 64.3 Å². The van der Waals surface area contributed by atoms with Crippen LogP contribution in [0, 0.1) is 20.8 Å². The summed E-state index contributed by atoms with van der Waals surface area (Å²) < 4.78 is 7.02. The van der Waals surface area contributed by atoms with E-state index in [2.05, 4.69) is 5.10 Å². The van der Waals surface area contributed by atoms with Crippen LogP contribution in [0.4, 0.5) is 0 Å². The van der Waals surface area contributed by atoms with E-state index in [1.54, 1.807) is 25.8 Å². The number of carbonyl (C=O) groups is 1. The number of methoxy groups -OCH3 is 1. The van der Waals surface area contributed by atoms with Gasteiger partial charge in [0.25, 0.3) is 0 Å². The number of hydrogen-bond donors (Lipinski definition) is 1. The molecule has 20 heavy (non-hydrogen) atoms. The van der Waals surface area contributed by atoms with Gasteiger partial charge >= 0.3 is 5.97 Å². The lowest BCUT2D eigenvalue weighted by Gasteiger charge is -2.14. The summed E-state index contributed by atoms with van der Waals surface area (Å²) in [6, 6.07) is 3.90. The fourth-order valence-electron chi connectivity index (χ4n) is 2.59. The third-order valence-electron chi connectivity index (χ3n) is 3.34.